The van der Waals surface area contributed by atoms with Crippen molar-refractivity contribution < 1.29 is 14.3 Å². The van der Waals surface area contributed by atoms with E-state index >= 15 is 0 Å². The molecule has 0 aliphatic heterocycles. The van der Waals surface area contributed by atoms with E-state index in [1.54, 1.807) is 19.2 Å². The van der Waals surface area contributed by atoms with E-state index in [4.69, 9.17) is 10.5 Å². The molecule has 2 amide bonds. The first-order valence-corrected chi connectivity index (χ1v) is 10.3. The fraction of sp³-hybridized carbons (Fsp3) is 0.412. The van der Waals surface area contributed by atoms with Gasteiger partial charge in [-0.15, -0.1) is 10.2 Å². The highest BCUT2D eigenvalue weighted by Gasteiger charge is 2.23. The predicted octanol–water partition coefficient (Wildman–Crippen LogP) is 2.12. The Morgan fingerprint density at radius 3 is 2.85 bits per heavy atom. The molecule has 1 aromatic carbocycles. The van der Waals surface area contributed by atoms with E-state index in [1.165, 1.54) is 28.0 Å². The molecule has 0 spiro atoms. The molecule has 8 nitrogen and oxygen atoms in total. The van der Waals surface area contributed by atoms with Gasteiger partial charge in [-0.25, -0.2) is 0 Å². The lowest BCUT2D eigenvalue weighted by molar-refractivity contribution is -0.118. The van der Waals surface area contributed by atoms with E-state index in [9.17, 15) is 9.59 Å². The maximum absolute atomic E-state index is 12.8. The van der Waals surface area contributed by atoms with Gasteiger partial charge in [-0.05, 0) is 25.0 Å². The van der Waals surface area contributed by atoms with E-state index in [0.29, 0.717) is 17.5 Å². The highest BCUT2D eigenvalue weighted by atomic mass is 32.2. The fourth-order valence-electron chi connectivity index (χ4n) is 2.38. The molecule has 1 saturated carbocycles. The number of benzene rings is 1. The second-order valence-electron chi connectivity index (χ2n) is 6.01. The Morgan fingerprint density at radius 2 is 2.15 bits per heavy atom. The van der Waals surface area contributed by atoms with Crippen LogP contribution >= 0.6 is 23.1 Å². The van der Waals surface area contributed by atoms with Crippen LogP contribution in [0, 0.1) is 0 Å². The lowest BCUT2D eigenvalue weighted by atomic mass is 10.2. The zero-order chi connectivity index (χ0) is 19.2. The summed E-state index contributed by atoms with van der Waals surface area (Å²) in [5.74, 6) is 0.120. The van der Waals surface area contributed by atoms with E-state index in [1.807, 2.05) is 12.1 Å². The van der Waals surface area contributed by atoms with Gasteiger partial charge in [0.15, 0.2) is 4.34 Å². The maximum atomic E-state index is 12.8. The molecule has 1 heterocycles. The SMILES string of the molecule is COc1ccccc1N(CCC(N)=O)C(=O)CSc1nnc(NC2CC2)s1. The summed E-state index contributed by atoms with van der Waals surface area (Å²) in [6.45, 7) is 0.194. The standard InChI is InChI=1S/C17H21N5O3S2/c1-25-13-5-3-2-4-12(13)22(9-8-14(18)23)15(24)10-26-17-21-20-16(27-17)19-11-6-7-11/h2-5,11H,6-10H2,1H3,(H2,18,23)(H,19,20). The van der Waals surface area contributed by atoms with E-state index in [2.05, 4.69) is 15.5 Å². The summed E-state index contributed by atoms with van der Waals surface area (Å²) >= 11 is 2.76. The fourth-order valence-corrected chi connectivity index (χ4v) is 4.09. The summed E-state index contributed by atoms with van der Waals surface area (Å²) in [6, 6.07) is 7.70. The first kappa shape index (κ1) is 19.4. The molecule has 3 rings (SSSR count). The second-order valence-corrected chi connectivity index (χ2v) is 8.21. The maximum Gasteiger partial charge on any atom is 0.237 e. The van der Waals surface area contributed by atoms with Gasteiger partial charge in [0.2, 0.25) is 16.9 Å². The topological polar surface area (TPSA) is 110 Å². The first-order chi connectivity index (χ1) is 13.1. The number of nitrogens with zero attached hydrogens (tertiary/aromatic N) is 3. The van der Waals surface area contributed by atoms with Gasteiger partial charge in [-0.3, -0.25) is 9.59 Å². The van der Waals surface area contributed by atoms with Crippen molar-refractivity contribution in [1.29, 1.82) is 0 Å². The molecule has 0 radical (unpaired) electrons. The van der Waals surface area contributed by atoms with Crippen LogP contribution in [-0.2, 0) is 9.59 Å². The quantitative estimate of drug-likeness (QED) is 0.580. The third kappa shape index (κ3) is 5.57. The molecule has 10 heteroatoms. The number of rotatable bonds is 10. The number of hydrogen-bond donors (Lipinski definition) is 2. The van der Waals surface area contributed by atoms with Gasteiger partial charge < -0.3 is 20.7 Å². The van der Waals surface area contributed by atoms with Crippen molar-refractivity contribution in [2.45, 2.75) is 29.6 Å². The molecular weight excluding hydrogens is 386 g/mol. The lowest BCUT2D eigenvalue weighted by Crippen LogP contribution is -2.35. The number of primary amides is 1. The lowest BCUT2D eigenvalue weighted by Gasteiger charge is -2.24. The van der Waals surface area contributed by atoms with Crippen molar-refractivity contribution in [3.05, 3.63) is 24.3 Å². The molecule has 0 saturated heterocycles. The third-order valence-corrected chi connectivity index (χ3v) is 5.86. The molecule has 1 aromatic heterocycles. The van der Waals surface area contributed by atoms with Crippen LogP contribution in [-0.4, -0.2) is 47.5 Å². The van der Waals surface area contributed by atoms with Gasteiger partial charge in [0.1, 0.15) is 5.75 Å². The summed E-state index contributed by atoms with van der Waals surface area (Å²) in [5, 5.41) is 12.3. The number of methoxy groups -OCH3 is 1. The van der Waals surface area contributed by atoms with Crippen molar-refractivity contribution in [2.24, 2.45) is 5.73 Å². The molecule has 0 unspecified atom stereocenters. The highest BCUT2D eigenvalue weighted by Crippen LogP contribution is 2.32. The van der Waals surface area contributed by atoms with E-state index in [-0.39, 0.29) is 24.6 Å². The van der Waals surface area contributed by atoms with Crippen LogP contribution in [0.15, 0.2) is 28.6 Å². The second kappa shape index (κ2) is 9.05. The molecular formula is C17H21N5O3S2. The average Bonchev–Trinajstić information content (AvgIpc) is 3.36. The van der Waals surface area contributed by atoms with E-state index < -0.39 is 5.91 Å². The molecule has 2 aromatic rings. The van der Waals surface area contributed by atoms with Crippen LogP contribution in [0.25, 0.3) is 0 Å². The van der Waals surface area contributed by atoms with Gasteiger partial charge >= 0.3 is 0 Å². The van der Waals surface area contributed by atoms with Gasteiger partial charge in [-0.2, -0.15) is 0 Å². The van der Waals surface area contributed by atoms with Crippen LogP contribution in [0.3, 0.4) is 0 Å². The zero-order valence-corrected chi connectivity index (χ0v) is 16.5. The summed E-state index contributed by atoms with van der Waals surface area (Å²) in [6.07, 6.45) is 2.39. The molecule has 1 aliphatic carbocycles. The molecule has 3 N–H and O–H groups in total. The highest BCUT2D eigenvalue weighted by molar-refractivity contribution is 8.01. The van der Waals surface area contributed by atoms with Crippen LogP contribution in [0.2, 0.25) is 0 Å². The summed E-state index contributed by atoms with van der Waals surface area (Å²) in [5.41, 5.74) is 5.88. The van der Waals surface area contributed by atoms with Crippen molar-refractivity contribution >= 4 is 45.7 Å². The number of anilines is 2. The Hall–Kier alpha value is -2.33. The van der Waals surface area contributed by atoms with Gasteiger partial charge in [0.25, 0.3) is 0 Å². The monoisotopic (exact) mass is 407 g/mol. The minimum absolute atomic E-state index is 0.0721. The van der Waals surface area contributed by atoms with Gasteiger partial charge in [0.05, 0.1) is 18.6 Å². The number of amides is 2. The smallest absolute Gasteiger partial charge is 0.237 e. The Kier molecular flexibility index (Phi) is 6.51. The van der Waals surface area contributed by atoms with Crippen LogP contribution in [0.1, 0.15) is 19.3 Å². The average molecular weight is 408 g/mol. The zero-order valence-electron chi connectivity index (χ0n) is 14.9. The number of carbonyl (C=O) groups is 2. The van der Waals surface area contributed by atoms with Gasteiger partial charge in [0, 0.05) is 19.0 Å². The predicted molar refractivity (Wildman–Crippen MR) is 106 cm³/mol. The molecule has 27 heavy (non-hydrogen) atoms. The molecule has 0 bridgehead atoms. The molecule has 1 fully saturated rings. The Morgan fingerprint density at radius 1 is 1.37 bits per heavy atom. The van der Waals surface area contributed by atoms with Crippen molar-refractivity contribution in [2.75, 3.05) is 29.6 Å². The number of nitrogens with two attached hydrogens (primary N) is 1. The van der Waals surface area contributed by atoms with Crippen molar-refractivity contribution in [1.82, 2.24) is 10.2 Å². The van der Waals surface area contributed by atoms with Crippen molar-refractivity contribution in [3.8, 4) is 5.75 Å². The number of para-hydroxylation sites is 2. The Bertz CT molecular complexity index is 809. The van der Waals surface area contributed by atoms with Crippen LogP contribution in [0.4, 0.5) is 10.8 Å². The number of hydrogen-bond acceptors (Lipinski definition) is 8. The van der Waals surface area contributed by atoms with E-state index in [0.717, 1.165) is 22.3 Å². The summed E-state index contributed by atoms with van der Waals surface area (Å²) in [7, 11) is 1.54. The van der Waals surface area contributed by atoms with Crippen LogP contribution in [0.5, 0.6) is 5.75 Å². The molecule has 0 atom stereocenters. The van der Waals surface area contributed by atoms with Gasteiger partial charge in [-0.1, -0.05) is 35.2 Å². The normalized spacial score (nSPS) is 13.2. The number of ether oxygens (including phenoxy) is 1. The number of nitrogens with one attached hydrogen (secondary N) is 1. The number of carbonyl (C=O) groups excluding carboxylic acids is 2. The third-order valence-electron chi connectivity index (χ3n) is 3.89. The van der Waals surface area contributed by atoms with Crippen molar-refractivity contribution in [3.63, 3.8) is 0 Å². The largest absolute Gasteiger partial charge is 0.495 e. The minimum Gasteiger partial charge on any atom is -0.495 e. The number of thioether (sulfide) groups is 1. The Labute approximate surface area is 165 Å². The molecule has 1 aliphatic rings. The summed E-state index contributed by atoms with van der Waals surface area (Å²) in [4.78, 5) is 25.6. The Balaban J connectivity index is 1.66. The number of aromatic nitrogens is 2. The molecule has 144 valence electrons. The summed E-state index contributed by atoms with van der Waals surface area (Å²) < 4.78 is 6.07. The van der Waals surface area contributed by atoms with Crippen LogP contribution < -0.4 is 20.7 Å². The minimum atomic E-state index is -0.463. The first-order valence-electron chi connectivity index (χ1n) is 8.51.